The minimum absolute atomic E-state index is 0.0346. The number of nitrogens with zero attached hydrogens (tertiary/aromatic N) is 4. The zero-order valence-corrected chi connectivity index (χ0v) is 19.0. The van der Waals surface area contributed by atoms with Crippen LogP contribution in [-0.2, 0) is 6.42 Å². The number of aliphatic hydroxyl groups is 1. The third kappa shape index (κ3) is 4.08. The number of hydrogen-bond donors (Lipinski definition) is 2. The molecule has 2 amide bonds. The zero-order valence-electron chi connectivity index (χ0n) is 19.0. The molecule has 1 aliphatic heterocycles. The molecule has 0 radical (unpaired) electrons. The summed E-state index contributed by atoms with van der Waals surface area (Å²) in [7, 11) is 0. The van der Waals surface area contributed by atoms with E-state index in [0.717, 1.165) is 29.5 Å². The molecule has 2 aliphatic rings. The summed E-state index contributed by atoms with van der Waals surface area (Å²) in [4.78, 5) is 22.2. The fourth-order valence-electron chi connectivity index (χ4n) is 4.42. The van der Waals surface area contributed by atoms with Gasteiger partial charge >= 0.3 is 6.03 Å². The van der Waals surface area contributed by atoms with Gasteiger partial charge in [-0.15, -0.1) is 0 Å². The molecule has 5 rings (SSSR count). The van der Waals surface area contributed by atoms with Crippen LogP contribution in [0.2, 0.25) is 0 Å². The molecule has 1 fully saturated rings. The summed E-state index contributed by atoms with van der Waals surface area (Å²) in [5, 5.41) is 16.7. The van der Waals surface area contributed by atoms with Gasteiger partial charge in [-0.2, -0.15) is 4.98 Å². The average Bonchev–Trinajstić information content (AvgIpc) is 3.44. The van der Waals surface area contributed by atoms with Gasteiger partial charge in [0.1, 0.15) is 5.75 Å². The van der Waals surface area contributed by atoms with Crippen molar-refractivity contribution < 1.29 is 19.2 Å². The van der Waals surface area contributed by atoms with Crippen LogP contribution < -0.4 is 10.1 Å². The number of ether oxygens (including phenoxy) is 1. The normalized spacial score (nSPS) is 17.3. The lowest BCUT2D eigenvalue weighted by molar-refractivity contribution is 0.0257. The van der Waals surface area contributed by atoms with E-state index in [9.17, 15) is 9.90 Å². The van der Waals surface area contributed by atoms with Gasteiger partial charge in [-0.25, -0.2) is 9.64 Å². The molecule has 9 heteroatoms. The van der Waals surface area contributed by atoms with Crippen LogP contribution in [-0.4, -0.2) is 51.5 Å². The number of benzene rings is 2. The van der Waals surface area contributed by atoms with Crippen LogP contribution >= 0.6 is 0 Å². The summed E-state index contributed by atoms with van der Waals surface area (Å²) >= 11 is 0. The van der Waals surface area contributed by atoms with Crippen molar-refractivity contribution in [1.82, 2.24) is 20.4 Å². The first-order valence-corrected chi connectivity index (χ1v) is 11.3. The van der Waals surface area contributed by atoms with Gasteiger partial charge in [0, 0.05) is 11.1 Å². The molecular weight excluding hydrogens is 434 g/mol. The molecule has 34 heavy (non-hydrogen) atoms. The lowest BCUT2D eigenvalue weighted by Crippen LogP contribution is -2.57. The van der Waals surface area contributed by atoms with Crippen molar-refractivity contribution in [2.24, 2.45) is 0 Å². The number of β-amino-alcohol motifs (C(OH)–C–C–N with tert-alkyl or cyclic N) is 1. The molecule has 1 aromatic heterocycles. The summed E-state index contributed by atoms with van der Waals surface area (Å²) in [5.41, 5.74) is 4.04. The molecular formula is C25H25N5O4. The number of likely N-dealkylation sites (tertiary alicyclic amines) is 1. The van der Waals surface area contributed by atoms with E-state index in [-0.39, 0.29) is 18.2 Å². The van der Waals surface area contributed by atoms with Crippen molar-refractivity contribution in [2.45, 2.75) is 44.9 Å². The van der Waals surface area contributed by atoms with Crippen LogP contribution in [0, 0.1) is 6.57 Å². The van der Waals surface area contributed by atoms with Crippen molar-refractivity contribution in [3.05, 3.63) is 58.9 Å². The summed E-state index contributed by atoms with van der Waals surface area (Å²) in [6, 6.07) is 10.9. The standard InChI is InChI=1S/C25H25N5O4/c1-14(2)33-22-10-7-15(11-21(22)26-3)24-28-23(29-34-24)19-6-4-5-18-17(19)8-9-20(18)27-25(32)30-12-16(31)13-30/h4-7,10-11,14,16,20,31H,8-9,12-13H2,1-2H3,(H,27,32)/t20-/m1/s1. The minimum Gasteiger partial charge on any atom is -0.502 e. The first-order valence-electron chi connectivity index (χ1n) is 11.3. The van der Waals surface area contributed by atoms with Crippen molar-refractivity contribution in [3.8, 4) is 28.6 Å². The molecule has 1 saturated heterocycles. The SMILES string of the molecule is [C-]#[N+]c1cc(-c2nc(-c3cccc4c3CC[C@H]4NC(=O)N3CC(O)C3)no2)ccc1OC(C)C. The molecule has 2 aromatic carbocycles. The van der Waals surface area contributed by atoms with Gasteiger partial charge in [-0.05, 0) is 56.0 Å². The van der Waals surface area contributed by atoms with Gasteiger partial charge in [0.2, 0.25) is 11.5 Å². The van der Waals surface area contributed by atoms with Crippen LogP contribution in [0.15, 0.2) is 40.9 Å². The van der Waals surface area contributed by atoms with Gasteiger partial charge < -0.3 is 24.6 Å². The predicted octanol–water partition coefficient (Wildman–Crippen LogP) is 4.11. The fourth-order valence-corrected chi connectivity index (χ4v) is 4.42. The summed E-state index contributed by atoms with van der Waals surface area (Å²) in [5.74, 6) is 1.32. The Morgan fingerprint density at radius 2 is 2.15 bits per heavy atom. The van der Waals surface area contributed by atoms with Gasteiger partial charge in [-0.3, -0.25) is 0 Å². The van der Waals surface area contributed by atoms with Gasteiger partial charge in [0.05, 0.1) is 37.9 Å². The second kappa shape index (κ2) is 8.80. The van der Waals surface area contributed by atoms with Crippen LogP contribution in [0.3, 0.4) is 0 Å². The molecule has 9 nitrogen and oxygen atoms in total. The first-order chi connectivity index (χ1) is 16.4. The van der Waals surface area contributed by atoms with E-state index in [0.29, 0.717) is 41.8 Å². The molecule has 0 saturated carbocycles. The third-order valence-corrected chi connectivity index (χ3v) is 6.07. The molecule has 0 spiro atoms. The Morgan fingerprint density at radius 1 is 1.32 bits per heavy atom. The van der Waals surface area contributed by atoms with E-state index in [1.54, 1.807) is 23.1 Å². The lowest BCUT2D eigenvalue weighted by atomic mass is 10.0. The van der Waals surface area contributed by atoms with Crippen molar-refractivity contribution in [2.75, 3.05) is 13.1 Å². The van der Waals surface area contributed by atoms with Crippen LogP contribution in [0.5, 0.6) is 5.75 Å². The fraction of sp³-hybridized carbons (Fsp3) is 0.360. The summed E-state index contributed by atoms with van der Waals surface area (Å²) in [6.07, 6.45) is 1.11. The van der Waals surface area contributed by atoms with Crippen LogP contribution in [0.4, 0.5) is 10.5 Å². The maximum Gasteiger partial charge on any atom is 0.318 e. The van der Waals surface area contributed by atoms with Crippen molar-refractivity contribution in [1.29, 1.82) is 0 Å². The smallest absolute Gasteiger partial charge is 0.318 e. The van der Waals surface area contributed by atoms with Crippen molar-refractivity contribution in [3.63, 3.8) is 0 Å². The van der Waals surface area contributed by atoms with E-state index in [4.69, 9.17) is 15.8 Å². The highest BCUT2D eigenvalue weighted by atomic mass is 16.5. The Morgan fingerprint density at radius 3 is 2.88 bits per heavy atom. The van der Waals surface area contributed by atoms with Gasteiger partial charge in [0.15, 0.2) is 0 Å². The second-order valence-corrected chi connectivity index (χ2v) is 8.86. The number of rotatable bonds is 5. The Balaban J connectivity index is 1.38. The number of fused-ring (bicyclic) bond motifs is 1. The van der Waals surface area contributed by atoms with E-state index in [2.05, 4.69) is 20.3 Å². The molecule has 1 aliphatic carbocycles. The minimum atomic E-state index is -0.426. The maximum atomic E-state index is 12.4. The Labute approximate surface area is 197 Å². The number of hydrogen-bond acceptors (Lipinski definition) is 6. The average molecular weight is 460 g/mol. The number of carbonyl (C=O) groups is 1. The van der Waals surface area contributed by atoms with Crippen molar-refractivity contribution >= 4 is 11.7 Å². The number of urea groups is 1. The number of amides is 2. The highest BCUT2D eigenvalue weighted by Crippen LogP contribution is 2.38. The van der Waals surface area contributed by atoms with Crippen LogP contribution in [0.25, 0.3) is 27.7 Å². The quantitative estimate of drug-likeness (QED) is 0.556. The first kappa shape index (κ1) is 21.9. The third-order valence-electron chi connectivity index (χ3n) is 6.07. The Kier molecular flexibility index (Phi) is 5.67. The predicted molar refractivity (Wildman–Crippen MR) is 124 cm³/mol. The van der Waals surface area contributed by atoms with Gasteiger partial charge in [-0.1, -0.05) is 23.4 Å². The summed E-state index contributed by atoms with van der Waals surface area (Å²) in [6.45, 7) is 12.0. The molecule has 2 heterocycles. The second-order valence-electron chi connectivity index (χ2n) is 8.86. The topological polar surface area (TPSA) is 105 Å². The molecule has 0 unspecified atom stereocenters. The summed E-state index contributed by atoms with van der Waals surface area (Å²) < 4.78 is 11.2. The molecule has 2 N–H and O–H groups in total. The largest absolute Gasteiger partial charge is 0.502 e. The van der Waals surface area contributed by atoms with E-state index >= 15 is 0 Å². The molecule has 174 valence electrons. The van der Waals surface area contributed by atoms with Gasteiger partial charge in [0.25, 0.3) is 5.89 Å². The number of aliphatic hydroxyl groups excluding tert-OH is 1. The van der Waals surface area contributed by atoms with E-state index < -0.39 is 6.10 Å². The number of nitrogens with one attached hydrogen (secondary N) is 1. The molecule has 1 atom stereocenters. The lowest BCUT2D eigenvalue weighted by Gasteiger charge is -2.36. The number of carbonyl (C=O) groups excluding carboxylic acids is 1. The molecule has 3 aromatic rings. The van der Waals surface area contributed by atoms with Crippen LogP contribution in [0.1, 0.15) is 37.4 Å². The zero-order chi connectivity index (χ0) is 23.8. The van der Waals surface area contributed by atoms with E-state index in [1.807, 2.05) is 32.0 Å². The maximum absolute atomic E-state index is 12.4. The van der Waals surface area contributed by atoms with E-state index in [1.165, 1.54) is 0 Å². The molecule has 0 bridgehead atoms. The Bertz CT molecular complexity index is 1270. The highest BCUT2D eigenvalue weighted by Gasteiger charge is 2.33. The number of aromatic nitrogens is 2. The highest BCUT2D eigenvalue weighted by molar-refractivity contribution is 5.76. The monoisotopic (exact) mass is 459 g/mol. The Hall–Kier alpha value is -3.90.